The van der Waals surface area contributed by atoms with Crippen molar-refractivity contribution in [3.05, 3.63) is 81.7 Å². The monoisotopic (exact) mass is 392 g/mol. The van der Waals surface area contributed by atoms with E-state index >= 15 is 0 Å². The third kappa shape index (κ3) is 3.30. The van der Waals surface area contributed by atoms with Crippen LogP contribution < -0.4 is 5.32 Å². The number of carboxylic acid groups (broad SMARTS) is 1. The average Bonchev–Trinajstić information content (AvgIpc) is 3.24. The summed E-state index contributed by atoms with van der Waals surface area (Å²) < 4.78 is 5.48. The number of ether oxygens (including phenoxy) is 1. The maximum absolute atomic E-state index is 12.6. The van der Waals surface area contributed by atoms with Crippen molar-refractivity contribution in [2.45, 2.75) is 0 Å². The van der Waals surface area contributed by atoms with E-state index in [1.165, 1.54) is 30.3 Å². The maximum atomic E-state index is 12.6. The number of hydrogen-bond acceptors (Lipinski definition) is 7. The molecular weight excluding hydrogens is 380 g/mol. The van der Waals surface area contributed by atoms with Gasteiger partial charge in [0.05, 0.1) is 4.92 Å². The number of rotatable bonds is 5. The molecule has 0 aliphatic carbocycles. The van der Waals surface area contributed by atoms with Crippen LogP contribution in [0, 0.1) is 10.1 Å². The Morgan fingerprint density at radius 2 is 2.03 bits per heavy atom. The number of fused-ring (bicyclic) bond motifs is 1. The normalized spacial score (nSPS) is 15.0. The predicted molar refractivity (Wildman–Crippen MR) is 102 cm³/mol. The van der Waals surface area contributed by atoms with Gasteiger partial charge in [0, 0.05) is 41.2 Å². The number of H-pyrrole nitrogens is 1. The lowest BCUT2D eigenvalue weighted by Crippen LogP contribution is -2.12. The second kappa shape index (κ2) is 6.93. The van der Waals surface area contributed by atoms with Crippen molar-refractivity contribution in [2.75, 3.05) is 5.32 Å². The minimum atomic E-state index is -1.46. The number of benzene rings is 1. The number of aliphatic carboxylic acids is 1. The van der Waals surface area contributed by atoms with Crippen LogP contribution in [0.25, 0.3) is 17.1 Å². The number of nitrogens with one attached hydrogen (secondary N) is 2. The number of non-ortho nitro benzene ring substituents is 1. The molecule has 144 valence electrons. The number of ketones is 1. The van der Waals surface area contributed by atoms with E-state index < -0.39 is 22.2 Å². The summed E-state index contributed by atoms with van der Waals surface area (Å²) >= 11 is 0. The minimum Gasteiger partial charge on any atom is -0.477 e. The lowest BCUT2D eigenvalue weighted by molar-refractivity contribution is -0.384. The molecule has 1 aliphatic heterocycles. The highest BCUT2D eigenvalue weighted by Crippen LogP contribution is 2.30. The number of nitro benzene ring substituents is 1. The highest BCUT2D eigenvalue weighted by molar-refractivity contribution is 6.26. The van der Waals surface area contributed by atoms with Crippen LogP contribution in [0.4, 0.5) is 11.4 Å². The number of aromatic nitrogens is 2. The van der Waals surface area contributed by atoms with Gasteiger partial charge in [0.1, 0.15) is 5.65 Å². The fourth-order valence-corrected chi connectivity index (χ4v) is 2.85. The van der Waals surface area contributed by atoms with Gasteiger partial charge in [-0.2, -0.15) is 0 Å². The summed E-state index contributed by atoms with van der Waals surface area (Å²) in [4.78, 5) is 41.4. The Morgan fingerprint density at radius 1 is 1.28 bits per heavy atom. The van der Waals surface area contributed by atoms with Crippen molar-refractivity contribution in [3.63, 3.8) is 0 Å². The number of nitrogens with zero attached hydrogens (tertiary/aromatic N) is 2. The number of carbonyl (C=O) groups is 2. The Kier molecular flexibility index (Phi) is 4.28. The first kappa shape index (κ1) is 17.9. The van der Waals surface area contributed by atoms with E-state index in [0.717, 1.165) is 5.39 Å². The number of carboxylic acids is 1. The fourth-order valence-electron chi connectivity index (χ4n) is 2.85. The van der Waals surface area contributed by atoms with E-state index in [1.54, 1.807) is 24.5 Å². The molecule has 1 aliphatic rings. The van der Waals surface area contributed by atoms with E-state index in [4.69, 9.17) is 4.74 Å². The number of carbonyl (C=O) groups excluding carboxylic acids is 1. The van der Waals surface area contributed by atoms with Crippen LogP contribution in [0.5, 0.6) is 0 Å². The standard InChI is InChI=1S/C19H12N4O6/c24-16-14(8-10-9-21-17-13(10)2-1-7-20-17)29-18(15(16)19(25)26)22-11-3-5-12(6-4-11)23(27)28/h1-9,22H,(H,20,21)(H,25,26)/b14-8-. The fraction of sp³-hybridized carbons (Fsp3) is 0. The Bertz CT molecular complexity index is 1220. The van der Waals surface area contributed by atoms with E-state index in [0.29, 0.717) is 16.9 Å². The van der Waals surface area contributed by atoms with Crippen LogP contribution >= 0.6 is 0 Å². The zero-order chi connectivity index (χ0) is 20.5. The summed E-state index contributed by atoms with van der Waals surface area (Å²) in [5.41, 5.74) is 0.861. The summed E-state index contributed by atoms with van der Waals surface area (Å²) in [5.74, 6) is -2.68. The lowest BCUT2D eigenvalue weighted by atomic mass is 10.1. The van der Waals surface area contributed by atoms with Gasteiger partial charge in [-0.25, -0.2) is 9.78 Å². The molecule has 0 bridgehead atoms. The molecule has 0 fully saturated rings. The van der Waals surface area contributed by atoms with E-state index in [9.17, 15) is 24.8 Å². The SMILES string of the molecule is O=C(O)C1=C(Nc2ccc([N+](=O)[O-])cc2)O/C(=C\c2c[nH]c3ncccc23)C1=O. The van der Waals surface area contributed by atoms with Crippen molar-refractivity contribution in [1.29, 1.82) is 0 Å². The van der Waals surface area contributed by atoms with Crippen LogP contribution in [-0.2, 0) is 14.3 Å². The molecule has 0 saturated carbocycles. The van der Waals surface area contributed by atoms with Crippen LogP contribution in [0.1, 0.15) is 5.56 Å². The second-order valence-electron chi connectivity index (χ2n) is 6.02. The molecule has 0 amide bonds. The molecule has 3 heterocycles. The van der Waals surface area contributed by atoms with Gasteiger partial charge in [0.2, 0.25) is 11.7 Å². The van der Waals surface area contributed by atoms with Gasteiger partial charge in [-0.3, -0.25) is 14.9 Å². The summed E-state index contributed by atoms with van der Waals surface area (Å²) in [5, 5.41) is 23.6. The highest BCUT2D eigenvalue weighted by Gasteiger charge is 2.36. The molecular formula is C19H12N4O6. The topological polar surface area (TPSA) is 147 Å². The van der Waals surface area contributed by atoms with Crippen molar-refractivity contribution in [1.82, 2.24) is 9.97 Å². The first-order chi connectivity index (χ1) is 13.9. The van der Waals surface area contributed by atoms with Gasteiger partial charge < -0.3 is 20.1 Å². The van der Waals surface area contributed by atoms with Crippen LogP contribution in [-0.4, -0.2) is 31.8 Å². The molecule has 10 heteroatoms. The molecule has 3 N–H and O–H groups in total. The van der Waals surface area contributed by atoms with Crippen molar-refractivity contribution < 1.29 is 24.4 Å². The number of aromatic amines is 1. The Balaban J connectivity index is 1.65. The maximum Gasteiger partial charge on any atom is 0.345 e. The Morgan fingerprint density at radius 3 is 2.72 bits per heavy atom. The number of pyridine rings is 1. The van der Waals surface area contributed by atoms with Gasteiger partial charge in [-0.15, -0.1) is 0 Å². The number of hydrogen-bond donors (Lipinski definition) is 3. The summed E-state index contributed by atoms with van der Waals surface area (Å²) in [7, 11) is 0. The van der Waals surface area contributed by atoms with Crippen LogP contribution in [0.15, 0.2) is 66.0 Å². The first-order valence-electron chi connectivity index (χ1n) is 8.29. The lowest BCUT2D eigenvalue weighted by Gasteiger charge is -2.07. The van der Waals surface area contributed by atoms with Gasteiger partial charge in [0.25, 0.3) is 5.69 Å². The van der Waals surface area contributed by atoms with Crippen molar-refractivity contribution >= 4 is 40.2 Å². The third-order valence-electron chi connectivity index (χ3n) is 4.21. The quantitative estimate of drug-likeness (QED) is 0.260. The molecule has 1 aromatic carbocycles. The van der Waals surface area contributed by atoms with Gasteiger partial charge in [-0.1, -0.05) is 0 Å². The number of allylic oxidation sites excluding steroid dienone is 1. The molecule has 0 atom stereocenters. The Labute approximate surface area is 162 Å². The number of anilines is 1. The van der Waals surface area contributed by atoms with E-state index in [2.05, 4.69) is 15.3 Å². The Hall–Kier alpha value is -4.47. The molecule has 10 nitrogen and oxygen atoms in total. The van der Waals surface area contributed by atoms with Crippen molar-refractivity contribution in [3.8, 4) is 0 Å². The largest absolute Gasteiger partial charge is 0.477 e. The summed E-state index contributed by atoms with van der Waals surface area (Å²) in [6.45, 7) is 0. The predicted octanol–water partition coefficient (Wildman–Crippen LogP) is 2.82. The zero-order valence-corrected chi connectivity index (χ0v) is 14.6. The number of Topliss-reactive ketones (excluding diaryl/α,β-unsaturated/α-hetero) is 1. The van der Waals surface area contributed by atoms with Gasteiger partial charge >= 0.3 is 5.97 Å². The molecule has 3 aromatic rings. The first-order valence-corrected chi connectivity index (χ1v) is 8.29. The molecule has 29 heavy (non-hydrogen) atoms. The smallest absolute Gasteiger partial charge is 0.345 e. The molecule has 4 rings (SSSR count). The van der Waals surface area contributed by atoms with Crippen molar-refractivity contribution in [2.24, 2.45) is 0 Å². The van der Waals surface area contributed by atoms with E-state index in [1.807, 2.05) is 0 Å². The highest BCUT2D eigenvalue weighted by atomic mass is 16.6. The van der Waals surface area contributed by atoms with Gasteiger partial charge in [-0.05, 0) is 30.3 Å². The molecule has 2 aromatic heterocycles. The molecule has 0 unspecified atom stereocenters. The second-order valence-corrected chi connectivity index (χ2v) is 6.02. The molecule has 0 spiro atoms. The van der Waals surface area contributed by atoms with Gasteiger partial charge in [0.15, 0.2) is 11.3 Å². The third-order valence-corrected chi connectivity index (χ3v) is 4.21. The number of nitro groups is 1. The van der Waals surface area contributed by atoms with Crippen LogP contribution in [0.3, 0.4) is 0 Å². The molecule has 0 radical (unpaired) electrons. The zero-order valence-electron chi connectivity index (χ0n) is 14.6. The molecule has 0 saturated heterocycles. The minimum absolute atomic E-state index is 0.125. The summed E-state index contributed by atoms with van der Waals surface area (Å²) in [6, 6.07) is 8.78. The summed E-state index contributed by atoms with van der Waals surface area (Å²) in [6.07, 6.45) is 4.67. The average molecular weight is 392 g/mol. The van der Waals surface area contributed by atoms with E-state index in [-0.39, 0.29) is 17.3 Å². The van der Waals surface area contributed by atoms with Crippen LogP contribution in [0.2, 0.25) is 0 Å².